The fourth-order valence-corrected chi connectivity index (χ4v) is 4.89. The van der Waals surface area contributed by atoms with Crippen molar-refractivity contribution in [1.82, 2.24) is 0 Å². The van der Waals surface area contributed by atoms with E-state index in [-0.39, 0.29) is 11.8 Å². The molecule has 1 atom stereocenters. The number of benzene rings is 3. The molecule has 2 aliphatic rings. The van der Waals surface area contributed by atoms with Crippen molar-refractivity contribution >= 4 is 28.8 Å². The van der Waals surface area contributed by atoms with E-state index in [1.807, 2.05) is 12.1 Å². The van der Waals surface area contributed by atoms with Gasteiger partial charge in [-0.15, -0.1) is 0 Å². The van der Waals surface area contributed by atoms with E-state index < -0.39 is 29.7 Å². The lowest BCUT2D eigenvalue weighted by Crippen LogP contribution is -2.46. The lowest BCUT2D eigenvalue weighted by Gasteiger charge is -2.40. The van der Waals surface area contributed by atoms with E-state index in [1.165, 1.54) is 24.3 Å². The minimum Gasteiger partial charge on any atom is -0.493 e. The molecule has 7 nitrogen and oxygen atoms in total. The number of amides is 2. The van der Waals surface area contributed by atoms with Crippen molar-refractivity contribution in [1.29, 1.82) is 0 Å². The summed E-state index contributed by atoms with van der Waals surface area (Å²) in [5.74, 6) is -0.303. The maximum atomic E-state index is 13.2. The summed E-state index contributed by atoms with van der Waals surface area (Å²) < 4.78 is 50.9. The number of halogens is 3. The van der Waals surface area contributed by atoms with Crippen LogP contribution in [0.2, 0.25) is 0 Å². The van der Waals surface area contributed by atoms with Crippen LogP contribution in [0.1, 0.15) is 35.6 Å². The van der Waals surface area contributed by atoms with Gasteiger partial charge in [-0.1, -0.05) is 49.4 Å². The quantitative estimate of drug-likeness (QED) is 0.210. The molecule has 2 aliphatic heterocycles. The maximum absolute atomic E-state index is 13.2. The number of aliphatic hydroxyl groups excluding tert-OH is 1. The number of hydrogen-bond donors (Lipinski definition) is 3. The van der Waals surface area contributed by atoms with Gasteiger partial charge in [0.1, 0.15) is 11.9 Å². The van der Waals surface area contributed by atoms with Crippen LogP contribution in [0.25, 0.3) is 5.57 Å². The van der Waals surface area contributed by atoms with Gasteiger partial charge >= 0.3 is 6.18 Å². The Kier molecular flexibility index (Phi) is 8.70. The summed E-state index contributed by atoms with van der Waals surface area (Å²) in [6.07, 6.45) is -0.212. The van der Waals surface area contributed by atoms with Gasteiger partial charge in [-0.05, 0) is 59.5 Å². The number of anilines is 2. The monoisotopic (exact) mass is 592 g/mol. The van der Waals surface area contributed by atoms with E-state index in [1.54, 1.807) is 36.4 Å². The molecular formula is C33H31F3N2O5. The first-order valence-electron chi connectivity index (χ1n) is 13.9. The second-order valence-electron chi connectivity index (χ2n) is 10.7. The van der Waals surface area contributed by atoms with Crippen LogP contribution in [-0.2, 0) is 26.9 Å². The summed E-state index contributed by atoms with van der Waals surface area (Å²) in [5.41, 5.74) is 2.68. The van der Waals surface area contributed by atoms with Gasteiger partial charge in [0.15, 0.2) is 0 Å². The largest absolute Gasteiger partial charge is 0.493 e. The van der Waals surface area contributed by atoms with Gasteiger partial charge in [-0.2, -0.15) is 13.2 Å². The van der Waals surface area contributed by atoms with Gasteiger partial charge in [0.2, 0.25) is 5.91 Å². The molecule has 0 spiro atoms. The number of allylic oxidation sites excluding steroid dienone is 2. The number of alkyl halides is 3. The molecule has 3 aromatic rings. The molecule has 5 rings (SSSR count). The highest BCUT2D eigenvalue weighted by molar-refractivity contribution is 6.03. The van der Waals surface area contributed by atoms with Crippen molar-refractivity contribution in [3.8, 4) is 5.75 Å². The van der Waals surface area contributed by atoms with E-state index in [0.717, 1.165) is 24.1 Å². The van der Waals surface area contributed by atoms with Crippen molar-refractivity contribution in [3.63, 3.8) is 0 Å². The molecule has 10 heteroatoms. The summed E-state index contributed by atoms with van der Waals surface area (Å²) >= 11 is 0. The van der Waals surface area contributed by atoms with Gasteiger partial charge in [-0.25, -0.2) is 0 Å². The maximum Gasteiger partial charge on any atom is 0.416 e. The van der Waals surface area contributed by atoms with Crippen LogP contribution in [0.5, 0.6) is 5.75 Å². The van der Waals surface area contributed by atoms with E-state index in [2.05, 4.69) is 17.6 Å². The van der Waals surface area contributed by atoms with Crippen molar-refractivity contribution in [2.24, 2.45) is 5.41 Å². The Labute approximate surface area is 247 Å². The molecule has 0 bridgehead atoms. The molecule has 0 aromatic heterocycles. The van der Waals surface area contributed by atoms with Crippen LogP contribution in [0, 0.1) is 5.41 Å². The fraction of sp³-hybridized carbons (Fsp3) is 0.273. The zero-order valence-corrected chi connectivity index (χ0v) is 23.4. The molecule has 2 heterocycles. The zero-order chi connectivity index (χ0) is 30.6. The minimum absolute atomic E-state index is 0.0160. The number of carbonyl (C=O) groups excluding carboxylic acids is 2. The first kappa shape index (κ1) is 30.1. The Hall–Kier alpha value is -4.41. The number of fused-ring (bicyclic) bond motifs is 1. The highest BCUT2D eigenvalue weighted by Crippen LogP contribution is 2.34. The molecule has 2 amide bonds. The zero-order valence-electron chi connectivity index (χ0n) is 23.4. The third-order valence-corrected chi connectivity index (χ3v) is 7.70. The highest BCUT2D eigenvalue weighted by Gasteiger charge is 2.37. The van der Waals surface area contributed by atoms with E-state index in [4.69, 9.17) is 9.47 Å². The lowest BCUT2D eigenvalue weighted by molar-refractivity contribution is -0.137. The van der Waals surface area contributed by atoms with Gasteiger partial charge in [0.25, 0.3) is 5.91 Å². The Balaban J connectivity index is 1.36. The van der Waals surface area contributed by atoms with Gasteiger partial charge in [0.05, 0.1) is 30.8 Å². The Morgan fingerprint density at radius 3 is 2.37 bits per heavy atom. The topological polar surface area (TPSA) is 96.9 Å². The van der Waals surface area contributed by atoms with Gasteiger partial charge < -0.3 is 25.2 Å². The van der Waals surface area contributed by atoms with Crippen molar-refractivity contribution in [3.05, 3.63) is 107 Å². The predicted molar refractivity (Wildman–Crippen MR) is 157 cm³/mol. The predicted octanol–water partition coefficient (Wildman–Crippen LogP) is 5.99. The highest BCUT2D eigenvalue weighted by atomic mass is 19.4. The smallest absolute Gasteiger partial charge is 0.416 e. The van der Waals surface area contributed by atoms with Crippen LogP contribution in [-0.4, -0.2) is 42.8 Å². The average molecular weight is 593 g/mol. The molecule has 0 radical (unpaired) electrons. The van der Waals surface area contributed by atoms with E-state index >= 15 is 0 Å². The molecule has 3 aromatic carbocycles. The van der Waals surface area contributed by atoms with Crippen molar-refractivity contribution in [2.45, 2.75) is 32.0 Å². The van der Waals surface area contributed by atoms with Crippen LogP contribution >= 0.6 is 0 Å². The normalized spacial score (nSPS) is 18.0. The molecule has 0 aliphatic carbocycles. The number of nitrogens with one attached hydrogen (secondary N) is 2. The molecule has 1 unspecified atom stereocenters. The standard InChI is InChI=1S/C33H31F3N2O5/c1-2-32(18-42-19-32)20-43-24-15-11-22(12-16-24)25(21-9-13-23(14-10-21)33(34,35)36)5-3-8-30(40)37-27-6-4-7-28-26(27)17-29(39)31(41)38-28/h3-16,29,39H,2,17-20H2,1H3,(H,37,40)(H,38,41)/b8-3+,25-5-. The fourth-order valence-electron chi connectivity index (χ4n) is 4.89. The summed E-state index contributed by atoms with van der Waals surface area (Å²) in [4.78, 5) is 24.6. The summed E-state index contributed by atoms with van der Waals surface area (Å²) in [5, 5.41) is 15.3. The SMILES string of the molecule is CCC1(COc2ccc(/C(=C\C=C\C(=O)Nc3cccc4c3CC(O)C(=O)N4)c3ccc(C(F)(F)F)cc3)cc2)COC1. The second-order valence-corrected chi connectivity index (χ2v) is 10.7. The number of ether oxygens (including phenoxy) is 2. The summed E-state index contributed by atoms with van der Waals surface area (Å²) in [6.45, 7) is 3.95. The van der Waals surface area contributed by atoms with E-state index in [9.17, 15) is 27.9 Å². The van der Waals surface area contributed by atoms with Crippen LogP contribution in [0.15, 0.2) is 85.0 Å². The van der Waals surface area contributed by atoms with Gasteiger partial charge in [0, 0.05) is 29.4 Å². The molecular weight excluding hydrogens is 561 g/mol. The van der Waals surface area contributed by atoms with Crippen molar-refractivity contribution in [2.75, 3.05) is 30.5 Å². The lowest BCUT2D eigenvalue weighted by atomic mass is 9.84. The molecule has 3 N–H and O–H groups in total. The van der Waals surface area contributed by atoms with Gasteiger partial charge in [-0.3, -0.25) is 9.59 Å². The summed E-state index contributed by atoms with van der Waals surface area (Å²) in [6, 6.07) is 17.1. The molecule has 1 fully saturated rings. The molecule has 1 saturated heterocycles. The second kappa shape index (κ2) is 12.4. The minimum atomic E-state index is -4.46. The number of hydrogen-bond acceptors (Lipinski definition) is 5. The molecule has 43 heavy (non-hydrogen) atoms. The third-order valence-electron chi connectivity index (χ3n) is 7.70. The summed E-state index contributed by atoms with van der Waals surface area (Å²) in [7, 11) is 0. The van der Waals surface area contributed by atoms with E-state index in [0.29, 0.717) is 53.6 Å². The average Bonchev–Trinajstić information content (AvgIpc) is 2.96. The Morgan fingerprint density at radius 1 is 1.09 bits per heavy atom. The van der Waals surface area contributed by atoms with Crippen LogP contribution < -0.4 is 15.4 Å². The Morgan fingerprint density at radius 2 is 1.77 bits per heavy atom. The number of aliphatic hydroxyl groups is 1. The Bertz CT molecular complexity index is 1540. The third kappa shape index (κ3) is 6.98. The first-order valence-corrected chi connectivity index (χ1v) is 13.9. The number of carbonyl (C=O) groups is 2. The van der Waals surface area contributed by atoms with Crippen LogP contribution in [0.3, 0.4) is 0 Å². The molecule has 224 valence electrons. The van der Waals surface area contributed by atoms with Crippen LogP contribution in [0.4, 0.5) is 24.5 Å². The molecule has 0 saturated carbocycles. The van der Waals surface area contributed by atoms with Crippen molar-refractivity contribution < 1.29 is 37.3 Å². The number of rotatable bonds is 9. The first-order chi connectivity index (χ1) is 20.6.